The largest absolute Gasteiger partial charge is 0.508 e. The van der Waals surface area contributed by atoms with Gasteiger partial charge in [0.2, 0.25) is 0 Å². The van der Waals surface area contributed by atoms with E-state index in [9.17, 15) is 14.6 Å². The first kappa shape index (κ1) is 78.0. The lowest BCUT2D eigenvalue weighted by Crippen LogP contribution is -2.08. The van der Waals surface area contributed by atoms with E-state index < -0.39 is 5.82 Å². The SMILES string of the molecule is Cc1[nH]ncc1-c1nc2ccc3n[nH]c(C)c3c2c2c1CCCC2.Oc1cc(F)cc(-c2nc3ccc4[nH]ncc4c3c3c2CCCC3)c1.Oc1ccc(-c2nc3ccc4[nH]ncc4c3c3c2CCCC3)c(Cl)c1.c1ccc2c(-c3nc4ccc5[nH]ncc5c4c4c3CCCC4)nccc2c1.c1ccc2ncc(-c3nc4ccc5[nH]ncc5c4c4c3CCCC4)cc2c1. The molecule has 8 N–H and O–H groups in total. The van der Waals surface area contributed by atoms with Crippen LogP contribution in [0.4, 0.5) is 4.39 Å². The van der Waals surface area contributed by atoms with Crippen LogP contribution in [-0.2, 0) is 64.2 Å². The fourth-order valence-electron chi connectivity index (χ4n) is 21.1. The molecule has 0 spiro atoms. The van der Waals surface area contributed by atoms with Gasteiger partial charge in [-0.25, -0.2) is 29.3 Å². The molecule has 22 aromatic rings. The number of halogens is 2. The van der Waals surface area contributed by atoms with E-state index >= 15 is 0 Å². The Balaban J connectivity index is 0.0000000916. The van der Waals surface area contributed by atoms with Gasteiger partial charge in [0.05, 0.1) is 131 Å². The van der Waals surface area contributed by atoms with E-state index in [1.54, 1.807) is 18.2 Å². The summed E-state index contributed by atoms with van der Waals surface area (Å²) in [5.41, 5.74) is 36.7. The number of hydrogen-bond donors (Lipinski definition) is 8. The number of aromatic nitrogens is 19. The zero-order chi connectivity index (χ0) is 85.8. The fourth-order valence-corrected chi connectivity index (χ4v) is 21.4. The monoisotopic (exact) mass is 1700 g/mol. The number of benzene rings is 9. The van der Waals surface area contributed by atoms with Crippen molar-refractivity contribution in [1.82, 2.24) is 96.1 Å². The summed E-state index contributed by atoms with van der Waals surface area (Å²) in [4.78, 5) is 34.6. The van der Waals surface area contributed by atoms with Crippen molar-refractivity contribution in [2.24, 2.45) is 0 Å². The number of hydrogen-bond acceptors (Lipinski definition) is 15. The molecule has 27 rings (SSSR count). The summed E-state index contributed by atoms with van der Waals surface area (Å²) in [7, 11) is 0. The fraction of sp³-hybridized carbons (Fsp3) is 0.210. The molecular formula is C105H87ClFN19O2. The van der Waals surface area contributed by atoms with E-state index in [-0.39, 0.29) is 11.5 Å². The van der Waals surface area contributed by atoms with Gasteiger partial charge in [0.25, 0.3) is 0 Å². The molecule has 128 heavy (non-hydrogen) atoms. The highest BCUT2D eigenvalue weighted by Gasteiger charge is 2.30. The smallest absolute Gasteiger partial charge is 0.127 e. The maximum absolute atomic E-state index is 13.8. The molecule has 23 heteroatoms. The number of aromatic amines is 6. The second-order valence-corrected chi connectivity index (χ2v) is 35.0. The lowest BCUT2D eigenvalue weighted by atomic mass is 9.85. The molecule has 5 aliphatic rings. The van der Waals surface area contributed by atoms with Crippen molar-refractivity contribution < 1.29 is 14.6 Å². The summed E-state index contributed by atoms with van der Waals surface area (Å²) in [6, 6.07) is 50.8. The van der Waals surface area contributed by atoms with E-state index in [4.69, 9.17) is 41.5 Å². The number of aryl methyl sites for hydroxylation is 7. The van der Waals surface area contributed by atoms with E-state index in [1.165, 1.54) is 150 Å². The highest BCUT2D eigenvalue weighted by atomic mass is 35.5. The molecular weight excluding hydrogens is 1610 g/mol. The molecule has 0 unspecified atom stereocenters. The predicted molar refractivity (Wildman–Crippen MR) is 508 cm³/mol. The van der Waals surface area contributed by atoms with Gasteiger partial charge < -0.3 is 10.2 Å². The second-order valence-electron chi connectivity index (χ2n) is 34.6. The third-order valence-corrected chi connectivity index (χ3v) is 27.3. The van der Waals surface area contributed by atoms with E-state index in [0.29, 0.717) is 10.6 Å². The number of phenolic OH excluding ortho intramolecular Hbond substituents is 2. The maximum atomic E-state index is 13.8. The summed E-state index contributed by atoms with van der Waals surface area (Å²) in [5.74, 6) is -0.359. The molecule has 0 saturated heterocycles. The molecule has 21 nitrogen and oxygen atoms in total. The number of H-pyrrole nitrogens is 6. The van der Waals surface area contributed by atoms with Gasteiger partial charge in [0.1, 0.15) is 17.3 Å². The minimum Gasteiger partial charge on any atom is -0.508 e. The van der Waals surface area contributed by atoms with E-state index in [1.807, 2.05) is 79.8 Å². The summed E-state index contributed by atoms with van der Waals surface area (Å²) >= 11 is 6.42. The lowest BCUT2D eigenvalue weighted by molar-refractivity contribution is 0.469. The van der Waals surface area contributed by atoms with Crippen molar-refractivity contribution in [2.45, 2.75) is 142 Å². The van der Waals surface area contributed by atoms with Gasteiger partial charge in [-0.05, 0) is 312 Å². The normalized spacial score (nSPS) is 14.2. The Labute approximate surface area is 737 Å². The number of pyridine rings is 7. The van der Waals surface area contributed by atoms with Crippen LogP contribution in [-0.4, -0.2) is 106 Å². The van der Waals surface area contributed by atoms with Crippen LogP contribution in [0.15, 0.2) is 201 Å². The molecule has 0 bridgehead atoms. The summed E-state index contributed by atoms with van der Waals surface area (Å²) in [5, 5.41) is 79.5. The van der Waals surface area contributed by atoms with Crippen LogP contribution in [0, 0.1) is 19.7 Å². The van der Waals surface area contributed by atoms with Crippen LogP contribution in [0.5, 0.6) is 11.5 Å². The Kier molecular flexibility index (Phi) is 19.7. The molecule has 13 aromatic heterocycles. The molecule has 0 radical (unpaired) electrons. The Morgan fingerprint density at radius 1 is 0.297 bits per heavy atom. The van der Waals surface area contributed by atoms with Crippen molar-refractivity contribution in [3.8, 4) is 67.9 Å². The van der Waals surface area contributed by atoms with Gasteiger partial charge in [0, 0.05) is 117 Å². The highest BCUT2D eigenvalue weighted by molar-refractivity contribution is 6.33. The number of nitrogens with one attached hydrogen (secondary N) is 6. The van der Waals surface area contributed by atoms with Crippen molar-refractivity contribution >= 4 is 142 Å². The molecule has 0 atom stereocenters. The van der Waals surface area contributed by atoms with Crippen LogP contribution >= 0.6 is 11.6 Å². The third-order valence-electron chi connectivity index (χ3n) is 26.9. The topological polar surface area (TPSA) is 303 Å². The maximum Gasteiger partial charge on any atom is 0.127 e. The standard InChI is InChI=1S/2C23H18N4.C20H16ClN3O.C20H16FN3O.C19H19N5/c1-4-8-19-14(5-1)11-15(12-24-19)23-17-7-3-2-6-16(17)22-18-13-25-27-20(18)9-10-21(22)26-23;1-2-6-15-14(5-1)11-12-24-22(15)23-17-8-4-3-7-16(17)21-18-13-25-27-19(18)9-10-20(21)26-23;21-16-9-11(25)5-6-14(16)20-13-4-2-1-3-12(13)19-15-10-22-24-17(15)7-8-18(19)23-20;21-12-7-11(8-13(25)9-12)20-15-4-2-1-3-14(15)19-16-10-22-24-17(16)5-6-18(19)23-20;1-10-14(9-20-22-10)19-13-6-4-3-5-12(13)18-15(21-19)7-8-16-17(18)11(2)23-24-16/h1,4-5,8-13H,2-3,6-7H2,(H,25,27);1-2,5-6,9-13H,3-4,7-8H2,(H,25,27);2*5-10,25H,1-4H2,(H,22,24);7-9H,3-6H2,1-2H3,(H,20,22)(H,23,24). The molecule has 0 aliphatic heterocycles. The summed E-state index contributed by atoms with van der Waals surface area (Å²) in [6.07, 6.45) is 35.8. The average Bonchev–Trinajstić information content (AvgIpc) is 1.40. The van der Waals surface area contributed by atoms with Crippen LogP contribution in [0.25, 0.3) is 187 Å². The number of phenols is 2. The van der Waals surface area contributed by atoms with Crippen LogP contribution in [0.1, 0.15) is 131 Å². The van der Waals surface area contributed by atoms with Gasteiger partial charge in [-0.15, -0.1) is 0 Å². The second kappa shape index (κ2) is 32.3. The first-order valence-corrected chi connectivity index (χ1v) is 44.9. The lowest BCUT2D eigenvalue weighted by Gasteiger charge is -2.22. The summed E-state index contributed by atoms with van der Waals surface area (Å²) in [6.45, 7) is 4.16. The first-order chi connectivity index (χ1) is 62.9. The third kappa shape index (κ3) is 13.7. The number of aromatic hydroxyl groups is 2. The van der Waals surface area contributed by atoms with Gasteiger partial charge in [-0.3, -0.25) is 40.6 Å². The average molecular weight is 1700 g/mol. The number of rotatable bonds is 5. The molecule has 0 fully saturated rings. The zero-order valence-corrected chi connectivity index (χ0v) is 71.4. The van der Waals surface area contributed by atoms with Crippen LogP contribution in [0.2, 0.25) is 5.02 Å². The molecule has 9 aromatic carbocycles. The van der Waals surface area contributed by atoms with Crippen LogP contribution in [0.3, 0.4) is 0 Å². The zero-order valence-electron chi connectivity index (χ0n) is 70.7. The van der Waals surface area contributed by atoms with E-state index in [0.717, 1.165) is 240 Å². The van der Waals surface area contributed by atoms with Gasteiger partial charge in [-0.2, -0.15) is 30.6 Å². The van der Waals surface area contributed by atoms with Gasteiger partial charge in [-0.1, -0.05) is 54.1 Å². The predicted octanol–water partition coefficient (Wildman–Crippen LogP) is 23.9. The molecule has 628 valence electrons. The van der Waals surface area contributed by atoms with Crippen LogP contribution < -0.4 is 0 Å². The van der Waals surface area contributed by atoms with Gasteiger partial charge >= 0.3 is 0 Å². The molecule has 0 amide bonds. The Morgan fingerprint density at radius 3 is 1.24 bits per heavy atom. The van der Waals surface area contributed by atoms with Crippen molar-refractivity contribution in [2.75, 3.05) is 0 Å². The van der Waals surface area contributed by atoms with E-state index in [2.05, 4.69) is 171 Å². The quantitative estimate of drug-likeness (QED) is 0.0794. The van der Waals surface area contributed by atoms with Crippen molar-refractivity contribution in [3.63, 3.8) is 0 Å². The Hall–Kier alpha value is -14.8. The minimum atomic E-state index is -0.452. The molecule has 5 aliphatic carbocycles. The Bertz CT molecular complexity index is 8210. The van der Waals surface area contributed by atoms with Crippen molar-refractivity contribution in [3.05, 3.63) is 279 Å². The number of fused-ring (bicyclic) bond motifs is 27. The molecule has 0 saturated carbocycles. The number of nitrogens with zero attached hydrogens (tertiary/aromatic N) is 13. The summed E-state index contributed by atoms with van der Waals surface area (Å²) < 4.78 is 13.8. The van der Waals surface area contributed by atoms with Crippen molar-refractivity contribution in [1.29, 1.82) is 0 Å². The van der Waals surface area contributed by atoms with Gasteiger partial charge in [0.15, 0.2) is 0 Å². The number of para-hydroxylation sites is 1. The first-order valence-electron chi connectivity index (χ1n) is 44.5. The Morgan fingerprint density at radius 2 is 0.727 bits per heavy atom. The minimum absolute atomic E-state index is 0.0771. The molecule has 13 heterocycles. The highest BCUT2D eigenvalue weighted by Crippen LogP contribution is 2.47.